The van der Waals surface area contributed by atoms with Gasteiger partial charge in [-0.15, -0.1) is 0 Å². The van der Waals surface area contributed by atoms with Crippen LogP contribution < -0.4 is 10.9 Å². The molecule has 5 heteroatoms. The third kappa shape index (κ3) is 2.28. The lowest BCUT2D eigenvalue weighted by Crippen LogP contribution is -2.20. The van der Waals surface area contributed by atoms with Crippen LogP contribution in [0.3, 0.4) is 0 Å². The van der Waals surface area contributed by atoms with Gasteiger partial charge in [0.1, 0.15) is 5.69 Å². The van der Waals surface area contributed by atoms with E-state index in [1.165, 1.54) is 18.3 Å². The maximum Gasteiger partial charge on any atom is 0.271 e. The average Bonchev–Trinajstić information content (AvgIpc) is 2.41. The molecule has 5 nitrogen and oxygen atoms in total. The van der Waals surface area contributed by atoms with Gasteiger partial charge in [0.2, 0.25) is 0 Å². The van der Waals surface area contributed by atoms with Crippen molar-refractivity contribution in [2.24, 2.45) is 0 Å². The minimum absolute atomic E-state index is 0.148. The molecule has 2 rings (SSSR count). The van der Waals surface area contributed by atoms with Crippen molar-refractivity contribution < 1.29 is 4.79 Å². The van der Waals surface area contributed by atoms with Gasteiger partial charge in [0.25, 0.3) is 11.5 Å². The Morgan fingerprint density at radius 2 is 2.00 bits per heavy atom. The first-order chi connectivity index (χ1) is 8.72. The van der Waals surface area contributed by atoms with Crippen LogP contribution in [0.1, 0.15) is 15.9 Å². The number of amides is 1. The molecule has 0 saturated heterocycles. The van der Waals surface area contributed by atoms with Gasteiger partial charge in [0.15, 0.2) is 0 Å². The minimum atomic E-state index is -0.483. The molecule has 1 heterocycles. The van der Waals surface area contributed by atoms with Crippen molar-refractivity contribution in [1.82, 2.24) is 4.98 Å². The van der Waals surface area contributed by atoms with Crippen molar-refractivity contribution in [1.29, 1.82) is 5.26 Å². The molecule has 2 N–H and O–H groups in total. The Labute approximate surface area is 103 Å². The van der Waals surface area contributed by atoms with Gasteiger partial charge >= 0.3 is 0 Å². The van der Waals surface area contributed by atoms with Gasteiger partial charge in [-0.1, -0.05) is 12.1 Å². The number of rotatable bonds is 2. The molecule has 0 aliphatic heterocycles. The maximum absolute atomic E-state index is 11.9. The number of pyridine rings is 1. The summed E-state index contributed by atoms with van der Waals surface area (Å²) < 4.78 is 0. The van der Waals surface area contributed by atoms with Gasteiger partial charge in [-0.25, -0.2) is 0 Å². The number of carbonyl (C=O) groups excluding carboxylic acids is 1. The topological polar surface area (TPSA) is 85.8 Å². The summed E-state index contributed by atoms with van der Waals surface area (Å²) in [7, 11) is 0. The van der Waals surface area contributed by atoms with Crippen molar-refractivity contribution in [3.05, 3.63) is 64.1 Å². The summed E-state index contributed by atoms with van der Waals surface area (Å²) in [6.07, 6.45) is 1.47. The van der Waals surface area contributed by atoms with Crippen molar-refractivity contribution in [3.8, 4) is 6.07 Å². The predicted molar refractivity (Wildman–Crippen MR) is 66.2 cm³/mol. The summed E-state index contributed by atoms with van der Waals surface area (Å²) in [5.41, 5.74) is 0.265. The molecule has 1 amide bonds. The second-order valence-corrected chi connectivity index (χ2v) is 3.52. The standard InChI is InChI=1S/C13H9N3O2/c14-8-9-4-1-2-5-10(9)12(17)16-11-6-3-7-15-13(11)18/h1-7H,(H,15,18)(H,16,17). The van der Waals surface area contributed by atoms with Gasteiger partial charge < -0.3 is 10.3 Å². The highest BCUT2D eigenvalue weighted by molar-refractivity contribution is 6.05. The molecule has 1 aromatic carbocycles. The zero-order valence-corrected chi connectivity index (χ0v) is 9.31. The lowest BCUT2D eigenvalue weighted by Gasteiger charge is -2.05. The number of nitrogens with zero attached hydrogens (tertiary/aromatic N) is 1. The van der Waals surface area contributed by atoms with Gasteiger partial charge in [-0.3, -0.25) is 9.59 Å². The van der Waals surface area contributed by atoms with E-state index in [1.807, 2.05) is 6.07 Å². The van der Waals surface area contributed by atoms with Crippen LogP contribution in [0, 0.1) is 11.3 Å². The second-order valence-electron chi connectivity index (χ2n) is 3.52. The first kappa shape index (κ1) is 11.6. The molecule has 88 valence electrons. The van der Waals surface area contributed by atoms with E-state index in [0.29, 0.717) is 0 Å². The molecule has 0 fully saturated rings. The van der Waals surface area contributed by atoms with E-state index in [9.17, 15) is 9.59 Å². The van der Waals surface area contributed by atoms with Gasteiger partial charge in [0, 0.05) is 6.20 Å². The molecule has 1 aromatic heterocycles. The molecular weight excluding hydrogens is 230 g/mol. The van der Waals surface area contributed by atoms with Gasteiger partial charge in [0.05, 0.1) is 17.2 Å². The van der Waals surface area contributed by atoms with Crippen LogP contribution in [0.4, 0.5) is 5.69 Å². The van der Waals surface area contributed by atoms with E-state index in [-0.39, 0.29) is 22.4 Å². The summed E-state index contributed by atoms with van der Waals surface area (Å²) in [5, 5.41) is 11.4. The zero-order chi connectivity index (χ0) is 13.0. The van der Waals surface area contributed by atoms with Crippen molar-refractivity contribution >= 4 is 11.6 Å². The van der Waals surface area contributed by atoms with E-state index in [2.05, 4.69) is 10.3 Å². The highest BCUT2D eigenvalue weighted by Crippen LogP contribution is 2.09. The molecule has 0 radical (unpaired) electrons. The van der Waals surface area contributed by atoms with Crippen LogP contribution in [-0.2, 0) is 0 Å². The van der Waals surface area contributed by atoms with E-state index in [1.54, 1.807) is 24.3 Å². The number of aromatic amines is 1. The van der Waals surface area contributed by atoms with Crippen LogP contribution in [0.25, 0.3) is 0 Å². The predicted octanol–water partition coefficient (Wildman–Crippen LogP) is 1.50. The summed E-state index contributed by atoms with van der Waals surface area (Å²) in [6, 6.07) is 11.4. The van der Waals surface area contributed by atoms with Crippen LogP contribution in [0.2, 0.25) is 0 Å². The largest absolute Gasteiger partial charge is 0.327 e. The fraction of sp³-hybridized carbons (Fsp3) is 0. The number of nitrogens with one attached hydrogen (secondary N) is 2. The van der Waals surface area contributed by atoms with Gasteiger partial charge in [-0.2, -0.15) is 5.26 Å². The smallest absolute Gasteiger partial charge is 0.271 e. The van der Waals surface area contributed by atoms with Crippen LogP contribution in [0.5, 0.6) is 0 Å². The van der Waals surface area contributed by atoms with Crippen molar-refractivity contribution in [2.75, 3.05) is 5.32 Å². The average molecular weight is 239 g/mol. The number of aromatic nitrogens is 1. The number of hydrogen-bond acceptors (Lipinski definition) is 3. The maximum atomic E-state index is 11.9. The number of H-pyrrole nitrogens is 1. The fourth-order valence-electron chi connectivity index (χ4n) is 1.49. The Balaban J connectivity index is 2.32. The molecule has 0 spiro atoms. The Hall–Kier alpha value is -2.87. The normalized spacial score (nSPS) is 9.50. The number of nitriles is 1. The lowest BCUT2D eigenvalue weighted by atomic mass is 10.1. The molecular formula is C13H9N3O2. The summed E-state index contributed by atoms with van der Waals surface area (Å²) in [5.74, 6) is -0.483. The SMILES string of the molecule is N#Cc1ccccc1C(=O)Nc1ccc[nH]c1=O. The third-order valence-electron chi connectivity index (χ3n) is 2.36. The number of carbonyl (C=O) groups is 1. The van der Waals surface area contributed by atoms with E-state index >= 15 is 0 Å². The molecule has 0 aliphatic rings. The quantitative estimate of drug-likeness (QED) is 0.832. The molecule has 0 atom stereocenters. The molecule has 0 bridgehead atoms. The zero-order valence-electron chi connectivity index (χ0n) is 9.31. The Bertz CT molecular complexity index is 683. The van der Waals surface area contributed by atoms with E-state index in [0.717, 1.165) is 0 Å². The number of benzene rings is 1. The first-order valence-electron chi connectivity index (χ1n) is 5.20. The Kier molecular flexibility index (Phi) is 3.21. The number of hydrogen-bond donors (Lipinski definition) is 2. The highest BCUT2D eigenvalue weighted by Gasteiger charge is 2.11. The molecule has 18 heavy (non-hydrogen) atoms. The van der Waals surface area contributed by atoms with Gasteiger partial charge in [-0.05, 0) is 24.3 Å². The monoisotopic (exact) mass is 239 g/mol. The summed E-state index contributed by atoms with van der Waals surface area (Å²) in [6.45, 7) is 0. The molecule has 2 aromatic rings. The summed E-state index contributed by atoms with van der Waals surface area (Å²) in [4.78, 5) is 25.8. The molecule has 0 saturated carbocycles. The third-order valence-corrected chi connectivity index (χ3v) is 2.36. The molecule has 0 aliphatic carbocycles. The Morgan fingerprint density at radius 3 is 2.72 bits per heavy atom. The summed E-state index contributed by atoms with van der Waals surface area (Å²) >= 11 is 0. The fourth-order valence-corrected chi connectivity index (χ4v) is 1.49. The number of anilines is 1. The van der Waals surface area contributed by atoms with Crippen LogP contribution in [0.15, 0.2) is 47.4 Å². The second kappa shape index (κ2) is 4.97. The van der Waals surface area contributed by atoms with Crippen LogP contribution >= 0.6 is 0 Å². The Morgan fingerprint density at radius 1 is 1.22 bits per heavy atom. The first-order valence-corrected chi connectivity index (χ1v) is 5.20. The van der Waals surface area contributed by atoms with Crippen molar-refractivity contribution in [2.45, 2.75) is 0 Å². The van der Waals surface area contributed by atoms with Crippen molar-refractivity contribution in [3.63, 3.8) is 0 Å². The highest BCUT2D eigenvalue weighted by atomic mass is 16.2. The lowest BCUT2D eigenvalue weighted by molar-refractivity contribution is 0.102. The minimum Gasteiger partial charge on any atom is -0.327 e. The molecule has 0 unspecified atom stereocenters. The van der Waals surface area contributed by atoms with Crippen LogP contribution in [-0.4, -0.2) is 10.9 Å². The van der Waals surface area contributed by atoms with E-state index < -0.39 is 5.91 Å². The van der Waals surface area contributed by atoms with E-state index in [4.69, 9.17) is 5.26 Å².